The molecule has 0 radical (unpaired) electrons. The fourth-order valence-electron chi connectivity index (χ4n) is 4.62. The van der Waals surface area contributed by atoms with Crippen molar-refractivity contribution in [1.29, 1.82) is 0 Å². The smallest absolute Gasteiger partial charge is 0.229 e. The van der Waals surface area contributed by atoms with Gasteiger partial charge in [0.25, 0.3) is 0 Å². The van der Waals surface area contributed by atoms with E-state index in [4.69, 9.17) is 4.99 Å². The zero-order chi connectivity index (χ0) is 27.9. The van der Waals surface area contributed by atoms with Crippen LogP contribution >= 0.6 is 0 Å². The Bertz CT molecular complexity index is 1030. The molecule has 208 valence electrons. The van der Waals surface area contributed by atoms with Crippen LogP contribution in [0, 0.1) is 5.92 Å². The van der Waals surface area contributed by atoms with Gasteiger partial charge >= 0.3 is 0 Å². The number of fused-ring (bicyclic) bond motifs is 1. The van der Waals surface area contributed by atoms with Crippen LogP contribution in [0.4, 0.5) is 5.69 Å². The first-order chi connectivity index (χ1) is 18.5. The lowest BCUT2D eigenvalue weighted by atomic mass is 10.0. The maximum Gasteiger partial charge on any atom is 0.229 e. The first-order valence-corrected chi connectivity index (χ1v) is 14.4. The van der Waals surface area contributed by atoms with Gasteiger partial charge in [-0.25, -0.2) is 4.99 Å². The Labute approximate surface area is 231 Å². The van der Waals surface area contributed by atoms with Crippen LogP contribution in [0.3, 0.4) is 0 Å². The summed E-state index contributed by atoms with van der Waals surface area (Å²) < 4.78 is 0. The number of nitrogens with one attached hydrogen (secondary N) is 2. The topological polar surface area (TPSA) is 60.0 Å². The Morgan fingerprint density at radius 2 is 1.66 bits per heavy atom. The fraction of sp³-hybridized carbons (Fsp3) is 0.500. The number of aliphatic imine (C=N–C) groups is 1. The van der Waals surface area contributed by atoms with Crippen LogP contribution in [0.5, 0.6) is 0 Å². The van der Waals surface area contributed by atoms with Crippen molar-refractivity contribution in [2.75, 3.05) is 38.1 Å². The van der Waals surface area contributed by atoms with Gasteiger partial charge in [-0.1, -0.05) is 102 Å². The molecule has 0 bridgehead atoms. The summed E-state index contributed by atoms with van der Waals surface area (Å²) in [5, 5.41) is 6.78. The molecule has 2 atom stereocenters. The average molecular weight is 520 g/mol. The SMILES string of the molecule is C/C(=C\C(C)C(=O)N1CCNCC1)NC1=NC(c2ccccc2)N(C)c2ccccc21.CC.CCCCC. The summed E-state index contributed by atoms with van der Waals surface area (Å²) in [6, 6.07) is 18.6. The number of amides is 1. The van der Waals surface area contributed by atoms with E-state index in [9.17, 15) is 4.79 Å². The van der Waals surface area contributed by atoms with Gasteiger partial charge in [0.2, 0.25) is 5.91 Å². The molecule has 2 aromatic carbocycles. The van der Waals surface area contributed by atoms with Crippen LogP contribution in [-0.4, -0.2) is 49.9 Å². The molecule has 2 aliphatic rings. The van der Waals surface area contributed by atoms with Crippen molar-refractivity contribution in [2.24, 2.45) is 10.9 Å². The minimum Gasteiger partial charge on any atom is -0.348 e. The predicted molar refractivity (Wildman–Crippen MR) is 163 cm³/mol. The number of amidine groups is 1. The van der Waals surface area contributed by atoms with Crippen LogP contribution < -0.4 is 15.5 Å². The van der Waals surface area contributed by atoms with Crippen LogP contribution in [0.15, 0.2) is 71.4 Å². The van der Waals surface area contributed by atoms with Gasteiger partial charge in [-0.2, -0.15) is 0 Å². The van der Waals surface area contributed by atoms with E-state index in [1.165, 1.54) is 19.3 Å². The number of para-hydroxylation sites is 1. The third kappa shape index (κ3) is 8.73. The lowest BCUT2D eigenvalue weighted by molar-refractivity contribution is -0.134. The molecule has 1 amide bonds. The number of rotatable bonds is 6. The van der Waals surface area contributed by atoms with E-state index in [2.05, 4.69) is 66.8 Å². The Kier molecular flexibility index (Phi) is 13.6. The van der Waals surface area contributed by atoms with E-state index in [1.54, 1.807) is 0 Å². The van der Waals surface area contributed by atoms with Crippen LogP contribution in [0.1, 0.15) is 78.1 Å². The zero-order valence-electron chi connectivity index (χ0n) is 24.6. The number of benzene rings is 2. The molecule has 6 heteroatoms. The zero-order valence-corrected chi connectivity index (χ0v) is 24.6. The number of unbranched alkanes of at least 4 members (excludes halogenated alkanes) is 2. The van der Waals surface area contributed by atoms with Gasteiger partial charge in [0.05, 0.1) is 5.92 Å². The highest BCUT2D eigenvalue weighted by Crippen LogP contribution is 2.34. The number of hydrogen-bond acceptors (Lipinski definition) is 5. The van der Waals surface area contributed by atoms with Gasteiger partial charge in [0, 0.05) is 50.2 Å². The van der Waals surface area contributed by atoms with Crippen molar-refractivity contribution < 1.29 is 4.79 Å². The van der Waals surface area contributed by atoms with Gasteiger partial charge < -0.3 is 20.4 Å². The predicted octanol–water partition coefficient (Wildman–Crippen LogP) is 6.37. The van der Waals surface area contributed by atoms with E-state index in [0.29, 0.717) is 0 Å². The molecule has 2 N–H and O–H groups in total. The molecule has 2 heterocycles. The number of piperazine rings is 1. The van der Waals surface area contributed by atoms with Crippen LogP contribution in [0.2, 0.25) is 0 Å². The summed E-state index contributed by atoms with van der Waals surface area (Å²) in [6.07, 6.45) is 5.98. The maximum atomic E-state index is 12.8. The van der Waals surface area contributed by atoms with Crippen molar-refractivity contribution in [2.45, 2.75) is 67.0 Å². The molecule has 2 aliphatic heterocycles. The standard InChI is InChI=1S/C25H31N5O.C5H12.C2H6/c1-18(25(31)30-15-13-26-14-16-30)17-19(2)27-23-21-11-7-8-12-22(21)29(3)24(28-23)20-9-5-4-6-10-20;1-3-5-4-2;1-2/h4-12,17-18,24,26H,13-16H2,1-3H3,(H,27,28);3-5H2,1-2H3;1-2H3/b19-17+;;. The lowest BCUT2D eigenvalue weighted by Crippen LogP contribution is -2.48. The molecule has 0 aromatic heterocycles. The van der Waals surface area contributed by atoms with Gasteiger partial charge in [-0.15, -0.1) is 0 Å². The summed E-state index contributed by atoms with van der Waals surface area (Å²) in [5.74, 6) is 0.825. The highest BCUT2D eigenvalue weighted by molar-refractivity contribution is 6.06. The number of carbonyl (C=O) groups excluding carboxylic acids is 1. The number of anilines is 1. The molecule has 4 rings (SSSR count). The largest absolute Gasteiger partial charge is 0.348 e. The van der Waals surface area contributed by atoms with Gasteiger partial charge in [0.1, 0.15) is 12.0 Å². The second-order valence-electron chi connectivity index (χ2n) is 9.58. The Hall–Kier alpha value is -3.12. The summed E-state index contributed by atoms with van der Waals surface area (Å²) in [4.78, 5) is 22.0. The van der Waals surface area contributed by atoms with Gasteiger partial charge in [-0.3, -0.25) is 4.79 Å². The van der Waals surface area contributed by atoms with E-state index < -0.39 is 0 Å². The summed E-state index contributed by atoms with van der Waals surface area (Å²) in [6.45, 7) is 15.7. The third-order valence-electron chi connectivity index (χ3n) is 6.60. The first-order valence-electron chi connectivity index (χ1n) is 14.4. The van der Waals surface area contributed by atoms with Gasteiger partial charge in [-0.05, 0) is 24.6 Å². The highest BCUT2D eigenvalue weighted by atomic mass is 16.2. The quantitative estimate of drug-likeness (QED) is 0.466. The minimum atomic E-state index is -0.183. The second-order valence-corrected chi connectivity index (χ2v) is 9.58. The maximum absolute atomic E-state index is 12.8. The van der Waals surface area contributed by atoms with Crippen molar-refractivity contribution in [3.8, 4) is 0 Å². The van der Waals surface area contributed by atoms with Gasteiger partial charge in [0.15, 0.2) is 0 Å². The summed E-state index contributed by atoms with van der Waals surface area (Å²) in [7, 11) is 2.08. The first kappa shape index (κ1) is 31.1. The van der Waals surface area contributed by atoms with Crippen molar-refractivity contribution in [1.82, 2.24) is 15.5 Å². The fourth-order valence-corrected chi connectivity index (χ4v) is 4.62. The summed E-state index contributed by atoms with van der Waals surface area (Å²) >= 11 is 0. The molecule has 0 aliphatic carbocycles. The van der Waals surface area contributed by atoms with Crippen molar-refractivity contribution in [3.05, 3.63) is 77.5 Å². The van der Waals surface area contributed by atoms with E-state index in [-0.39, 0.29) is 18.0 Å². The van der Waals surface area contributed by atoms with E-state index in [0.717, 1.165) is 54.5 Å². The normalized spacial score (nSPS) is 17.6. The number of nitrogens with zero attached hydrogens (tertiary/aromatic N) is 3. The summed E-state index contributed by atoms with van der Waals surface area (Å²) in [5.41, 5.74) is 4.27. The molecule has 1 saturated heterocycles. The molecule has 1 fully saturated rings. The average Bonchev–Trinajstić information content (AvgIpc) is 2.97. The number of allylic oxidation sites excluding steroid dienone is 1. The highest BCUT2D eigenvalue weighted by Gasteiger charge is 2.27. The van der Waals surface area contributed by atoms with Crippen LogP contribution in [0.25, 0.3) is 0 Å². The monoisotopic (exact) mass is 519 g/mol. The molecule has 2 aromatic rings. The minimum absolute atomic E-state index is 0.105. The Morgan fingerprint density at radius 3 is 2.26 bits per heavy atom. The van der Waals surface area contributed by atoms with Crippen molar-refractivity contribution in [3.63, 3.8) is 0 Å². The molecule has 2 unspecified atom stereocenters. The number of hydrogen-bond donors (Lipinski definition) is 2. The molecule has 6 nitrogen and oxygen atoms in total. The van der Waals surface area contributed by atoms with Crippen molar-refractivity contribution >= 4 is 17.4 Å². The lowest BCUT2D eigenvalue weighted by Gasteiger charge is -2.34. The molecular weight excluding hydrogens is 470 g/mol. The molecule has 0 saturated carbocycles. The molecule has 38 heavy (non-hydrogen) atoms. The Morgan fingerprint density at radius 1 is 1.05 bits per heavy atom. The van der Waals surface area contributed by atoms with E-state index in [1.807, 2.05) is 62.9 Å². The Balaban J connectivity index is 0.000000651. The second kappa shape index (κ2) is 16.7. The number of carbonyl (C=O) groups is 1. The molecule has 0 spiro atoms. The van der Waals surface area contributed by atoms with E-state index >= 15 is 0 Å². The molecular formula is C32H49N5O. The van der Waals surface area contributed by atoms with Crippen LogP contribution in [-0.2, 0) is 4.79 Å². The third-order valence-corrected chi connectivity index (χ3v) is 6.60.